The van der Waals surface area contributed by atoms with E-state index in [-0.39, 0.29) is 15.6 Å². The van der Waals surface area contributed by atoms with E-state index >= 15 is 0 Å². The number of benzene rings is 1. The van der Waals surface area contributed by atoms with Gasteiger partial charge >= 0.3 is 5.97 Å². The highest BCUT2D eigenvalue weighted by Crippen LogP contribution is 2.34. The highest BCUT2D eigenvalue weighted by Gasteiger charge is 2.14. The van der Waals surface area contributed by atoms with Crippen LogP contribution in [0.25, 0.3) is 0 Å². The maximum absolute atomic E-state index is 11.2. The van der Waals surface area contributed by atoms with Crippen molar-refractivity contribution in [2.24, 2.45) is 0 Å². The zero-order chi connectivity index (χ0) is 12.1. The van der Waals surface area contributed by atoms with Crippen molar-refractivity contribution < 1.29 is 14.3 Å². The normalized spacial score (nSPS) is 10.0. The molecule has 1 rings (SSSR count). The molecule has 0 atom stereocenters. The SMILES string of the molecule is COC(=O)c1cc(Cl)c(OCCCl)c(Cl)c1. The molecule has 0 aliphatic heterocycles. The second-order valence-electron chi connectivity index (χ2n) is 2.80. The Balaban J connectivity index is 3.02. The average molecular weight is 284 g/mol. The summed E-state index contributed by atoms with van der Waals surface area (Å²) in [6.45, 7) is 0.290. The molecule has 1 aromatic carbocycles. The number of hydrogen-bond donors (Lipinski definition) is 0. The molecular formula is C10H9Cl3O3. The lowest BCUT2D eigenvalue weighted by atomic mass is 10.2. The van der Waals surface area contributed by atoms with Gasteiger partial charge in [-0.15, -0.1) is 11.6 Å². The molecule has 0 unspecified atom stereocenters. The fourth-order valence-electron chi connectivity index (χ4n) is 1.07. The summed E-state index contributed by atoms with van der Waals surface area (Å²) in [4.78, 5) is 11.2. The van der Waals surface area contributed by atoms with E-state index in [0.717, 1.165) is 0 Å². The Bertz CT molecular complexity index is 370. The number of carbonyl (C=O) groups is 1. The Morgan fingerprint density at radius 1 is 1.31 bits per heavy atom. The second kappa shape index (κ2) is 6.18. The number of carbonyl (C=O) groups excluding carboxylic acids is 1. The molecule has 0 saturated heterocycles. The molecule has 88 valence electrons. The summed E-state index contributed by atoms with van der Waals surface area (Å²) >= 11 is 17.3. The molecule has 0 heterocycles. The Morgan fingerprint density at radius 3 is 2.31 bits per heavy atom. The van der Waals surface area contributed by atoms with Gasteiger partial charge in [0.25, 0.3) is 0 Å². The first-order valence-electron chi connectivity index (χ1n) is 4.36. The van der Waals surface area contributed by atoms with E-state index in [4.69, 9.17) is 39.5 Å². The maximum atomic E-state index is 11.2. The number of esters is 1. The Kier molecular flexibility index (Phi) is 5.19. The van der Waals surface area contributed by atoms with Gasteiger partial charge in [0.1, 0.15) is 6.61 Å². The summed E-state index contributed by atoms with van der Waals surface area (Å²) < 4.78 is 9.79. The average Bonchev–Trinajstić information content (AvgIpc) is 2.26. The lowest BCUT2D eigenvalue weighted by Gasteiger charge is -2.09. The molecule has 0 N–H and O–H groups in total. The summed E-state index contributed by atoms with van der Waals surface area (Å²) in [6.07, 6.45) is 0. The van der Waals surface area contributed by atoms with Crippen LogP contribution >= 0.6 is 34.8 Å². The first-order valence-corrected chi connectivity index (χ1v) is 5.65. The van der Waals surface area contributed by atoms with E-state index in [2.05, 4.69) is 4.74 Å². The van der Waals surface area contributed by atoms with Crippen LogP contribution in [-0.4, -0.2) is 25.6 Å². The van der Waals surface area contributed by atoms with E-state index in [1.807, 2.05) is 0 Å². The number of methoxy groups -OCH3 is 1. The standard InChI is InChI=1S/C10H9Cl3O3/c1-15-10(14)6-4-7(12)9(8(13)5-6)16-3-2-11/h4-5H,2-3H2,1H3. The molecule has 0 amide bonds. The van der Waals surface area contributed by atoms with E-state index < -0.39 is 5.97 Å². The lowest BCUT2D eigenvalue weighted by molar-refractivity contribution is 0.0600. The van der Waals surface area contributed by atoms with Crippen molar-refractivity contribution in [2.75, 3.05) is 19.6 Å². The molecule has 0 aliphatic carbocycles. The largest absolute Gasteiger partial charge is 0.489 e. The van der Waals surface area contributed by atoms with Gasteiger partial charge in [-0.3, -0.25) is 0 Å². The van der Waals surface area contributed by atoms with Gasteiger partial charge in [-0.25, -0.2) is 4.79 Å². The monoisotopic (exact) mass is 282 g/mol. The highest BCUT2D eigenvalue weighted by atomic mass is 35.5. The molecule has 16 heavy (non-hydrogen) atoms. The first kappa shape index (κ1) is 13.4. The third kappa shape index (κ3) is 3.17. The van der Waals surface area contributed by atoms with Crippen LogP contribution in [0.15, 0.2) is 12.1 Å². The van der Waals surface area contributed by atoms with Gasteiger partial charge < -0.3 is 9.47 Å². The molecule has 0 radical (unpaired) electrons. The van der Waals surface area contributed by atoms with Crippen LogP contribution in [0.5, 0.6) is 5.75 Å². The summed E-state index contributed by atoms with van der Waals surface area (Å²) in [7, 11) is 1.28. The molecule has 3 nitrogen and oxygen atoms in total. The smallest absolute Gasteiger partial charge is 0.337 e. The van der Waals surface area contributed by atoms with E-state index in [1.165, 1.54) is 19.2 Å². The van der Waals surface area contributed by atoms with E-state index in [0.29, 0.717) is 18.2 Å². The van der Waals surface area contributed by atoms with Crippen molar-refractivity contribution in [1.29, 1.82) is 0 Å². The summed E-state index contributed by atoms with van der Waals surface area (Å²) in [5.74, 6) is 0.134. The van der Waals surface area contributed by atoms with Gasteiger partial charge in [-0.05, 0) is 12.1 Å². The van der Waals surface area contributed by atoms with Crippen molar-refractivity contribution in [3.05, 3.63) is 27.7 Å². The molecule has 0 saturated carbocycles. The number of alkyl halides is 1. The topological polar surface area (TPSA) is 35.5 Å². The number of ether oxygens (including phenoxy) is 2. The minimum absolute atomic E-state index is 0.248. The lowest BCUT2D eigenvalue weighted by Crippen LogP contribution is -2.03. The fraction of sp³-hybridized carbons (Fsp3) is 0.300. The van der Waals surface area contributed by atoms with Crippen LogP contribution in [0.1, 0.15) is 10.4 Å². The number of rotatable bonds is 4. The van der Waals surface area contributed by atoms with Crippen molar-refractivity contribution in [2.45, 2.75) is 0 Å². The predicted octanol–water partition coefficient (Wildman–Crippen LogP) is 3.40. The quantitative estimate of drug-likeness (QED) is 0.627. The number of hydrogen-bond acceptors (Lipinski definition) is 3. The van der Waals surface area contributed by atoms with Crippen LogP contribution in [0.3, 0.4) is 0 Å². The van der Waals surface area contributed by atoms with Crippen LogP contribution in [0.4, 0.5) is 0 Å². The summed E-state index contributed by atoms with van der Waals surface area (Å²) in [5.41, 5.74) is 0.274. The third-order valence-electron chi connectivity index (χ3n) is 1.74. The molecule has 6 heteroatoms. The molecule has 1 aromatic rings. The maximum Gasteiger partial charge on any atom is 0.337 e. The van der Waals surface area contributed by atoms with Crippen LogP contribution in [0.2, 0.25) is 10.0 Å². The zero-order valence-corrected chi connectivity index (χ0v) is 10.7. The van der Waals surface area contributed by atoms with Crippen molar-refractivity contribution in [3.8, 4) is 5.75 Å². The molecule has 0 bridgehead atoms. The van der Waals surface area contributed by atoms with E-state index in [9.17, 15) is 4.79 Å². The second-order valence-corrected chi connectivity index (χ2v) is 3.99. The van der Waals surface area contributed by atoms with Crippen LogP contribution in [-0.2, 0) is 4.74 Å². The Morgan fingerprint density at radius 2 is 1.88 bits per heavy atom. The molecular weight excluding hydrogens is 274 g/mol. The molecule has 0 aromatic heterocycles. The Hall–Kier alpha value is -0.640. The minimum atomic E-state index is -0.507. The molecule has 0 spiro atoms. The fourth-order valence-corrected chi connectivity index (χ4v) is 1.75. The third-order valence-corrected chi connectivity index (χ3v) is 2.46. The number of halogens is 3. The minimum Gasteiger partial charge on any atom is -0.489 e. The van der Waals surface area contributed by atoms with Gasteiger partial charge in [0, 0.05) is 0 Å². The van der Waals surface area contributed by atoms with Crippen LogP contribution in [0, 0.1) is 0 Å². The van der Waals surface area contributed by atoms with Gasteiger partial charge in [0.2, 0.25) is 0 Å². The first-order chi connectivity index (χ1) is 7.60. The van der Waals surface area contributed by atoms with Crippen LogP contribution < -0.4 is 4.74 Å². The zero-order valence-electron chi connectivity index (χ0n) is 8.43. The Labute approximate surface area is 108 Å². The van der Waals surface area contributed by atoms with Gasteiger partial charge in [0.15, 0.2) is 5.75 Å². The molecule has 0 fully saturated rings. The van der Waals surface area contributed by atoms with Gasteiger partial charge in [-0.2, -0.15) is 0 Å². The molecule has 0 aliphatic rings. The van der Waals surface area contributed by atoms with Crippen molar-refractivity contribution in [1.82, 2.24) is 0 Å². The van der Waals surface area contributed by atoms with Crippen molar-refractivity contribution >= 4 is 40.8 Å². The van der Waals surface area contributed by atoms with Gasteiger partial charge in [0.05, 0.1) is 28.6 Å². The summed E-state index contributed by atoms with van der Waals surface area (Å²) in [6, 6.07) is 2.87. The predicted molar refractivity (Wildman–Crippen MR) is 64.0 cm³/mol. The highest BCUT2D eigenvalue weighted by molar-refractivity contribution is 6.37. The van der Waals surface area contributed by atoms with Gasteiger partial charge in [-0.1, -0.05) is 23.2 Å². The van der Waals surface area contributed by atoms with Crippen molar-refractivity contribution in [3.63, 3.8) is 0 Å². The van der Waals surface area contributed by atoms with E-state index in [1.54, 1.807) is 0 Å². The summed E-state index contributed by atoms with van der Waals surface area (Å²) in [5, 5.41) is 0.496.